The fourth-order valence-electron chi connectivity index (χ4n) is 8.04. The van der Waals surface area contributed by atoms with Crippen LogP contribution in [-0.4, -0.2) is 33.7 Å². The molecule has 0 saturated heterocycles. The van der Waals surface area contributed by atoms with Crippen LogP contribution in [0.1, 0.15) is 78.6 Å². The minimum atomic E-state index is -0.561. The largest absolute Gasteiger partial charge is 0.393 e. The second-order valence-electron chi connectivity index (χ2n) is 10.8. The number of fused-ring (bicyclic) bond motifs is 5. The Hall–Kier alpha value is -0.420. The number of hydroxylamine groups is 1. The molecule has 154 valence electrons. The lowest BCUT2D eigenvalue weighted by atomic mass is 9.43. The average molecular weight is 378 g/mol. The highest BCUT2D eigenvalue weighted by Crippen LogP contribution is 2.69. The number of hydrogen-bond donors (Lipinski definition) is 4. The lowest BCUT2D eigenvalue weighted by molar-refractivity contribution is -0.207. The molecule has 0 aliphatic heterocycles. The Kier molecular flexibility index (Phi) is 5.03. The van der Waals surface area contributed by atoms with Crippen LogP contribution in [0.5, 0.6) is 0 Å². The van der Waals surface area contributed by atoms with Crippen molar-refractivity contribution in [1.82, 2.24) is 5.48 Å². The van der Waals surface area contributed by atoms with Crippen molar-refractivity contribution >= 4 is 0 Å². The van der Waals surface area contributed by atoms with Gasteiger partial charge in [0, 0.05) is 12.0 Å². The molecule has 0 bridgehead atoms. The molecule has 0 heterocycles. The van der Waals surface area contributed by atoms with Crippen molar-refractivity contribution < 1.29 is 15.4 Å². The fourth-order valence-corrected chi connectivity index (χ4v) is 8.04. The van der Waals surface area contributed by atoms with Gasteiger partial charge in [-0.2, -0.15) is 0 Å². The van der Waals surface area contributed by atoms with Crippen molar-refractivity contribution in [3.8, 4) is 0 Å². The third-order valence-electron chi connectivity index (χ3n) is 9.74. The van der Waals surface area contributed by atoms with Crippen LogP contribution in [0.2, 0.25) is 0 Å². The van der Waals surface area contributed by atoms with Gasteiger partial charge in [-0.1, -0.05) is 25.5 Å². The first-order valence-corrected chi connectivity index (χ1v) is 11.2. The SMILES string of the molecule is C/C(=C\C1CC[C@@]2(O)[C@@H]3CCC4CC(O)CC[C@]4(C)[C@@H]3CC[C@]12C)CNO. The first-order valence-electron chi connectivity index (χ1n) is 11.2. The van der Waals surface area contributed by atoms with E-state index < -0.39 is 5.60 Å². The van der Waals surface area contributed by atoms with E-state index in [4.69, 9.17) is 5.21 Å². The van der Waals surface area contributed by atoms with E-state index in [1.807, 2.05) is 0 Å². The molecule has 8 atom stereocenters. The van der Waals surface area contributed by atoms with Gasteiger partial charge in [0.2, 0.25) is 0 Å². The molecule has 4 N–H and O–H groups in total. The summed E-state index contributed by atoms with van der Waals surface area (Å²) in [6.07, 6.45) is 11.8. The Morgan fingerprint density at radius 3 is 2.56 bits per heavy atom. The van der Waals surface area contributed by atoms with Crippen LogP contribution in [0.15, 0.2) is 11.6 Å². The molecule has 0 aromatic heterocycles. The number of allylic oxidation sites excluding steroid dienone is 1. The van der Waals surface area contributed by atoms with Gasteiger partial charge < -0.3 is 15.4 Å². The smallest absolute Gasteiger partial charge is 0.0737 e. The maximum atomic E-state index is 12.1. The van der Waals surface area contributed by atoms with Crippen molar-refractivity contribution in [1.29, 1.82) is 0 Å². The number of nitrogens with one attached hydrogen (secondary N) is 1. The molecule has 0 aromatic carbocycles. The van der Waals surface area contributed by atoms with Crippen molar-refractivity contribution in [3.63, 3.8) is 0 Å². The highest BCUT2D eigenvalue weighted by atomic mass is 16.5. The molecule has 4 nitrogen and oxygen atoms in total. The Morgan fingerprint density at radius 1 is 1.04 bits per heavy atom. The summed E-state index contributed by atoms with van der Waals surface area (Å²) in [5.41, 5.74) is 3.11. The number of rotatable bonds is 3. The zero-order chi connectivity index (χ0) is 19.4. The second kappa shape index (κ2) is 6.83. The van der Waals surface area contributed by atoms with Gasteiger partial charge in [0.25, 0.3) is 0 Å². The summed E-state index contributed by atoms with van der Waals surface area (Å²) in [5, 5.41) is 31.3. The Labute approximate surface area is 164 Å². The lowest BCUT2D eigenvalue weighted by Gasteiger charge is -2.63. The van der Waals surface area contributed by atoms with Gasteiger partial charge in [0.15, 0.2) is 0 Å². The second-order valence-corrected chi connectivity index (χ2v) is 10.8. The molecular weight excluding hydrogens is 338 g/mol. The third-order valence-corrected chi connectivity index (χ3v) is 9.74. The van der Waals surface area contributed by atoms with E-state index >= 15 is 0 Å². The van der Waals surface area contributed by atoms with E-state index in [2.05, 4.69) is 32.3 Å². The van der Waals surface area contributed by atoms with Gasteiger partial charge in [0.1, 0.15) is 0 Å². The van der Waals surface area contributed by atoms with E-state index in [-0.39, 0.29) is 11.5 Å². The molecule has 4 aliphatic rings. The predicted octanol–water partition coefficient (Wildman–Crippen LogP) is 4.05. The molecule has 27 heavy (non-hydrogen) atoms. The highest BCUT2D eigenvalue weighted by Gasteiger charge is 2.66. The fraction of sp³-hybridized carbons (Fsp3) is 0.913. The number of hydrogen-bond acceptors (Lipinski definition) is 4. The van der Waals surface area contributed by atoms with Crippen molar-refractivity contribution in [2.45, 2.75) is 90.3 Å². The predicted molar refractivity (Wildman–Crippen MR) is 106 cm³/mol. The Morgan fingerprint density at radius 2 is 1.81 bits per heavy atom. The van der Waals surface area contributed by atoms with Gasteiger partial charge in [-0.05, 0) is 93.8 Å². The molecule has 4 rings (SSSR count). The number of aliphatic hydroxyl groups is 2. The van der Waals surface area contributed by atoms with Gasteiger partial charge in [-0.25, -0.2) is 5.48 Å². The average Bonchev–Trinajstić information content (AvgIpc) is 2.88. The third kappa shape index (κ3) is 2.86. The van der Waals surface area contributed by atoms with Crippen LogP contribution in [0.3, 0.4) is 0 Å². The normalized spacial score (nSPS) is 52.8. The van der Waals surface area contributed by atoms with E-state index in [0.717, 1.165) is 50.5 Å². The van der Waals surface area contributed by atoms with E-state index in [9.17, 15) is 10.2 Å². The quantitative estimate of drug-likeness (QED) is 0.442. The summed E-state index contributed by atoms with van der Waals surface area (Å²) >= 11 is 0. The zero-order valence-electron chi connectivity index (χ0n) is 17.4. The minimum absolute atomic E-state index is 0.0533. The molecule has 3 unspecified atom stereocenters. The van der Waals surface area contributed by atoms with Crippen LogP contribution in [-0.2, 0) is 0 Å². The first kappa shape index (κ1) is 19.9. The maximum absolute atomic E-state index is 12.1. The summed E-state index contributed by atoms with van der Waals surface area (Å²) in [4.78, 5) is 0. The molecule has 0 radical (unpaired) electrons. The first-order chi connectivity index (χ1) is 12.7. The number of aliphatic hydroxyl groups excluding tert-OH is 1. The molecule has 4 aliphatic carbocycles. The van der Waals surface area contributed by atoms with Crippen LogP contribution < -0.4 is 5.48 Å². The highest BCUT2D eigenvalue weighted by molar-refractivity contribution is 5.21. The van der Waals surface area contributed by atoms with Crippen LogP contribution in [0.25, 0.3) is 0 Å². The Bertz CT molecular complexity index is 606. The molecule has 0 spiro atoms. The van der Waals surface area contributed by atoms with Crippen molar-refractivity contribution in [2.24, 2.45) is 34.5 Å². The Balaban J connectivity index is 1.61. The van der Waals surface area contributed by atoms with Crippen LogP contribution in [0.4, 0.5) is 0 Å². The van der Waals surface area contributed by atoms with E-state index in [0.29, 0.717) is 35.6 Å². The monoisotopic (exact) mass is 377 g/mol. The van der Waals surface area contributed by atoms with Gasteiger partial charge in [-0.15, -0.1) is 0 Å². The summed E-state index contributed by atoms with van der Waals surface area (Å²) in [5.74, 6) is 2.04. The molecule has 4 heteroatoms. The zero-order valence-corrected chi connectivity index (χ0v) is 17.4. The molecule has 0 amide bonds. The lowest BCUT2D eigenvalue weighted by Crippen LogP contribution is -2.62. The van der Waals surface area contributed by atoms with Gasteiger partial charge in [-0.3, -0.25) is 0 Å². The van der Waals surface area contributed by atoms with Crippen LogP contribution >= 0.6 is 0 Å². The molecule has 4 fully saturated rings. The summed E-state index contributed by atoms with van der Waals surface area (Å²) in [6, 6.07) is 0. The van der Waals surface area contributed by atoms with Gasteiger partial charge >= 0.3 is 0 Å². The summed E-state index contributed by atoms with van der Waals surface area (Å²) in [6.45, 7) is 7.36. The van der Waals surface area contributed by atoms with Crippen molar-refractivity contribution in [3.05, 3.63) is 11.6 Å². The summed E-state index contributed by atoms with van der Waals surface area (Å²) < 4.78 is 0. The standard InChI is InChI=1S/C23H39NO3/c1-15(14-24-27)12-17-6-11-23(26)20-5-4-16-13-18(25)7-9-21(16,2)19(20)8-10-22(17,23)3/h12,16-20,24-27H,4-11,13-14H2,1-3H3/b15-12+/t16?,17?,18?,19-,20-,21+,22-,23-/m1/s1. The topological polar surface area (TPSA) is 72.7 Å². The molecular formula is C23H39NO3. The van der Waals surface area contributed by atoms with E-state index in [1.165, 1.54) is 12.8 Å². The minimum Gasteiger partial charge on any atom is -0.393 e. The summed E-state index contributed by atoms with van der Waals surface area (Å²) in [7, 11) is 0. The molecule has 0 aromatic rings. The molecule has 4 saturated carbocycles. The maximum Gasteiger partial charge on any atom is 0.0737 e. The van der Waals surface area contributed by atoms with Gasteiger partial charge in [0.05, 0.1) is 11.7 Å². The van der Waals surface area contributed by atoms with E-state index in [1.54, 1.807) is 0 Å². The van der Waals surface area contributed by atoms with Crippen molar-refractivity contribution in [2.75, 3.05) is 6.54 Å². The van der Waals surface area contributed by atoms with Crippen LogP contribution in [0, 0.1) is 34.5 Å².